The third-order valence-electron chi connectivity index (χ3n) is 7.72. The molecule has 0 amide bonds. The fraction of sp³-hybridized carbons (Fsp3) is 0.452. The highest BCUT2D eigenvalue weighted by molar-refractivity contribution is 5.89. The van der Waals surface area contributed by atoms with E-state index in [4.69, 9.17) is 14.5 Å². The number of hydrogen-bond donors (Lipinski definition) is 0. The molecule has 6 nitrogen and oxygen atoms in total. The summed E-state index contributed by atoms with van der Waals surface area (Å²) in [6, 6.07) is 18.3. The molecule has 2 aliphatic rings. The van der Waals surface area contributed by atoms with Gasteiger partial charge in [-0.15, -0.1) is 0 Å². The second-order valence-electron chi connectivity index (χ2n) is 10.3. The Morgan fingerprint density at radius 3 is 2.46 bits per heavy atom. The van der Waals surface area contributed by atoms with Gasteiger partial charge in [-0.25, -0.2) is 14.8 Å². The predicted octanol–water partition coefficient (Wildman–Crippen LogP) is 6.84. The number of esters is 1. The molecule has 2 aromatic carbocycles. The van der Waals surface area contributed by atoms with Crippen LogP contribution >= 0.6 is 0 Å². The number of benzene rings is 2. The Labute approximate surface area is 220 Å². The van der Waals surface area contributed by atoms with Gasteiger partial charge in [0.2, 0.25) is 0 Å². The van der Waals surface area contributed by atoms with Crippen LogP contribution < -0.4 is 9.64 Å². The van der Waals surface area contributed by atoms with Crippen molar-refractivity contribution in [3.05, 3.63) is 71.9 Å². The molecule has 2 aliphatic carbocycles. The van der Waals surface area contributed by atoms with Crippen LogP contribution in [0.2, 0.25) is 0 Å². The van der Waals surface area contributed by atoms with E-state index in [2.05, 4.69) is 28.1 Å². The average molecular weight is 500 g/mol. The van der Waals surface area contributed by atoms with Gasteiger partial charge >= 0.3 is 5.97 Å². The molecule has 1 heterocycles. The van der Waals surface area contributed by atoms with Crippen molar-refractivity contribution < 1.29 is 14.3 Å². The summed E-state index contributed by atoms with van der Waals surface area (Å²) in [5.74, 6) is 2.90. The highest BCUT2D eigenvalue weighted by Gasteiger charge is 2.25. The van der Waals surface area contributed by atoms with Gasteiger partial charge in [0.15, 0.2) is 5.82 Å². The summed E-state index contributed by atoms with van der Waals surface area (Å²) in [4.78, 5) is 24.0. The lowest BCUT2D eigenvalue weighted by Crippen LogP contribution is -2.33. The van der Waals surface area contributed by atoms with Crippen LogP contribution in [0.25, 0.3) is 11.4 Å². The molecule has 2 fully saturated rings. The first kappa shape index (κ1) is 25.2. The molecule has 1 aromatic heterocycles. The molecule has 2 saturated carbocycles. The Morgan fingerprint density at radius 2 is 1.70 bits per heavy atom. The van der Waals surface area contributed by atoms with E-state index < -0.39 is 0 Å². The van der Waals surface area contributed by atoms with Gasteiger partial charge in [-0.05, 0) is 79.6 Å². The zero-order chi connectivity index (χ0) is 25.5. The van der Waals surface area contributed by atoms with Crippen LogP contribution in [0.1, 0.15) is 73.7 Å². The molecule has 0 aliphatic heterocycles. The summed E-state index contributed by atoms with van der Waals surface area (Å²) in [5, 5.41) is 0. The highest BCUT2D eigenvalue weighted by atomic mass is 16.5. The lowest BCUT2D eigenvalue weighted by Gasteiger charge is -2.30. The van der Waals surface area contributed by atoms with Crippen molar-refractivity contribution >= 4 is 11.8 Å². The molecule has 5 rings (SSSR count). The summed E-state index contributed by atoms with van der Waals surface area (Å²) < 4.78 is 11.0. The van der Waals surface area contributed by atoms with Gasteiger partial charge in [-0.3, -0.25) is 0 Å². The first-order valence-corrected chi connectivity index (χ1v) is 13.7. The molecule has 0 radical (unpaired) electrons. The van der Waals surface area contributed by atoms with Crippen molar-refractivity contribution in [3.8, 4) is 17.1 Å². The van der Waals surface area contributed by atoms with Crippen molar-refractivity contribution in [2.24, 2.45) is 5.92 Å². The SMILES string of the molecule is COC(=O)c1cccc(CN(c2ccnc(-c3ccc(OCC4CCCCC4)cc3)n2)C2CCCC2)c1. The lowest BCUT2D eigenvalue weighted by atomic mass is 9.90. The maximum atomic E-state index is 12.1. The Morgan fingerprint density at radius 1 is 0.946 bits per heavy atom. The minimum Gasteiger partial charge on any atom is -0.493 e. The molecule has 0 N–H and O–H groups in total. The van der Waals surface area contributed by atoms with Crippen LogP contribution in [0.5, 0.6) is 5.75 Å². The van der Waals surface area contributed by atoms with Crippen LogP contribution in [0.4, 0.5) is 5.82 Å². The van der Waals surface area contributed by atoms with E-state index in [0.29, 0.717) is 29.9 Å². The zero-order valence-corrected chi connectivity index (χ0v) is 21.8. The maximum absolute atomic E-state index is 12.1. The fourth-order valence-corrected chi connectivity index (χ4v) is 5.64. The fourth-order valence-electron chi connectivity index (χ4n) is 5.64. The molecule has 0 atom stereocenters. The Kier molecular flexibility index (Phi) is 8.34. The number of hydrogen-bond acceptors (Lipinski definition) is 6. The minimum absolute atomic E-state index is 0.315. The summed E-state index contributed by atoms with van der Waals surface area (Å²) in [7, 11) is 1.41. The molecule has 0 spiro atoms. The van der Waals surface area contributed by atoms with Crippen LogP contribution in [0.15, 0.2) is 60.8 Å². The van der Waals surface area contributed by atoms with Gasteiger partial charge in [0.25, 0.3) is 0 Å². The third kappa shape index (κ3) is 6.48. The van der Waals surface area contributed by atoms with Gasteiger partial charge in [0.05, 0.1) is 19.3 Å². The number of carbonyl (C=O) groups excluding carboxylic acids is 1. The van der Waals surface area contributed by atoms with Crippen molar-refractivity contribution in [1.82, 2.24) is 9.97 Å². The monoisotopic (exact) mass is 499 g/mol. The largest absolute Gasteiger partial charge is 0.493 e. The van der Waals surface area contributed by atoms with Gasteiger partial charge in [0, 0.05) is 24.3 Å². The number of rotatable bonds is 9. The van der Waals surface area contributed by atoms with Crippen LogP contribution in [-0.2, 0) is 11.3 Å². The second kappa shape index (κ2) is 12.2. The molecule has 194 valence electrons. The summed E-state index contributed by atoms with van der Waals surface area (Å²) in [6.45, 7) is 1.48. The molecule has 3 aromatic rings. The van der Waals surface area contributed by atoms with E-state index in [1.54, 1.807) is 6.07 Å². The van der Waals surface area contributed by atoms with Crippen LogP contribution in [0, 0.1) is 5.92 Å². The highest BCUT2D eigenvalue weighted by Crippen LogP contribution is 2.31. The van der Waals surface area contributed by atoms with E-state index in [9.17, 15) is 4.79 Å². The molecule has 6 heteroatoms. The van der Waals surface area contributed by atoms with Gasteiger partial charge in [-0.2, -0.15) is 0 Å². The van der Waals surface area contributed by atoms with Gasteiger partial charge < -0.3 is 14.4 Å². The van der Waals surface area contributed by atoms with E-state index in [1.165, 1.54) is 52.1 Å². The summed E-state index contributed by atoms with van der Waals surface area (Å²) in [6.07, 6.45) is 13.2. The zero-order valence-electron chi connectivity index (χ0n) is 21.8. The number of methoxy groups -OCH3 is 1. The standard InChI is InChI=1S/C31H37N3O3/c1-36-31(35)26-11-7-10-24(20-26)21-34(27-12-5-6-13-27)29-18-19-32-30(33-29)25-14-16-28(17-15-25)37-22-23-8-3-2-4-9-23/h7,10-11,14-20,23,27H,2-6,8-9,12-13,21-22H2,1H3. The topological polar surface area (TPSA) is 64.5 Å². The Bertz CT molecular complexity index is 1170. The molecular weight excluding hydrogens is 462 g/mol. The Balaban J connectivity index is 1.32. The van der Waals surface area contributed by atoms with Crippen molar-refractivity contribution in [1.29, 1.82) is 0 Å². The quantitative estimate of drug-likeness (QED) is 0.300. The van der Waals surface area contributed by atoms with Crippen LogP contribution in [0.3, 0.4) is 0 Å². The van der Waals surface area contributed by atoms with Crippen LogP contribution in [-0.4, -0.2) is 35.7 Å². The first-order valence-electron chi connectivity index (χ1n) is 13.7. The number of ether oxygens (including phenoxy) is 2. The first-order chi connectivity index (χ1) is 18.2. The average Bonchev–Trinajstić information content (AvgIpc) is 3.50. The summed E-state index contributed by atoms with van der Waals surface area (Å²) >= 11 is 0. The van der Waals surface area contributed by atoms with Gasteiger partial charge in [0.1, 0.15) is 11.6 Å². The van der Waals surface area contributed by atoms with Crippen molar-refractivity contribution in [2.75, 3.05) is 18.6 Å². The molecule has 0 saturated heterocycles. The smallest absolute Gasteiger partial charge is 0.337 e. The minimum atomic E-state index is -0.315. The van der Waals surface area contributed by atoms with E-state index >= 15 is 0 Å². The van der Waals surface area contributed by atoms with E-state index in [1.807, 2.05) is 36.5 Å². The number of carbonyl (C=O) groups is 1. The molecule has 0 bridgehead atoms. The molecule has 37 heavy (non-hydrogen) atoms. The molecular formula is C31H37N3O3. The maximum Gasteiger partial charge on any atom is 0.337 e. The number of aromatic nitrogens is 2. The van der Waals surface area contributed by atoms with Gasteiger partial charge in [-0.1, -0.05) is 44.2 Å². The number of anilines is 1. The number of nitrogens with zero attached hydrogens (tertiary/aromatic N) is 3. The van der Waals surface area contributed by atoms with E-state index in [0.717, 1.165) is 42.1 Å². The van der Waals surface area contributed by atoms with Crippen molar-refractivity contribution in [2.45, 2.75) is 70.4 Å². The normalized spacial score (nSPS) is 16.5. The second-order valence-corrected chi connectivity index (χ2v) is 10.3. The summed E-state index contributed by atoms with van der Waals surface area (Å²) in [5.41, 5.74) is 2.61. The third-order valence-corrected chi connectivity index (χ3v) is 7.72. The van der Waals surface area contributed by atoms with Crippen molar-refractivity contribution in [3.63, 3.8) is 0 Å². The predicted molar refractivity (Wildman–Crippen MR) is 146 cm³/mol. The molecule has 0 unspecified atom stereocenters. The Hall–Kier alpha value is -3.41. The van der Waals surface area contributed by atoms with E-state index in [-0.39, 0.29) is 5.97 Å². The lowest BCUT2D eigenvalue weighted by molar-refractivity contribution is 0.0600.